The molecule has 1 amide bonds. The van der Waals surface area contributed by atoms with Crippen molar-refractivity contribution in [2.24, 2.45) is 0 Å². The molecular weight excluding hydrogens is 168 g/mol. The number of methoxy groups -OCH3 is 1. The minimum atomic E-state index is -2.96. The number of halogens is 2. The summed E-state index contributed by atoms with van der Waals surface area (Å²) in [6.07, 6.45) is -2.96. The molecule has 0 rings (SSSR count). The van der Waals surface area contributed by atoms with E-state index in [-0.39, 0.29) is 6.54 Å². The molecule has 0 radical (unpaired) electrons. The molecule has 3 nitrogen and oxygen atoms in total. The van der Waals surface area contributed by atoms with Crippen molar-refractivity contribution in [3.8, 4) is 0 Å². The van der Waals surface area contributed by atoms with Crippen LogP contribution in [0.15, 0.2) is 0 Å². The van der Waals surface area contributed by atoms with E-state index in [0.717, 1.165) is 0 Å². The second-order valence-corrected chi connectivity index (χ2v) is 2.98. The normalized spacial score (nSPS) is 11.8. The van der Waals surface area contributed by atoms with Crippen molar-refractivity contribution in [3.63, 3.8) is 0 Å². The molecule has 0 saturated carbocycles. The smallest absolute Gasteiger partial charge is 0.315 e. The van der Waals surface area contributed by atoms with E-state index in [1.54, 1.807) is 13.8 Å². The molecule has 72 valence electrons. The Morgan fingerprint density at radius 1 is 1.58 bits per heavy atom. The first-order valence-corrected chi connectivity index (χ1v) is 3.50. The summed E-state index contributed by atoms with van der Waals surface area (Å²) in [7, 11) is 1.45. The fourth-order valence-electron chi connectivity index (χ4n) is 0.449. The maximum absolute atomic E-state index is 11.7. The lowest BCUT2D eigenvalue weighted by atomic mass is 10.1. The van der Waals surface area contributed by atoms with Gasteiger partial charge in [-0.3, -0.25) is 4.79 Å². The maximum Gasteiger partial charge on any atom is 0.315 e. The van der Waals surface area contributed by atoms with Crippen LogP contribution < -0.4 is 5.32 Å². The number of alkyl halides is 2. The fourth-order valence-corrected chi connectivity index (χ4v) is 0.449. The third-order valence-corrected chi connectivity index (χ3v) is 1.44. The van der Waals surface area contributed by atoms with E-state index in [1.807, 2.05) is 0 Å². The van der Waals surface area contributed by atoms with Crippen LogP contribution in [0, 0.1) is 0 Å². The van der Waals surface area contributed by atoms with Gasteiger partial charge in [0.25, 0.3) is 5.91 Å². The van der Waals surface area contributed by atoms with Crippen molar-refractivity contribution in [3.05, 3.63) is 0 Å². The zero-order valence-corrected chi connectivity index (χ0v) is 7.36. The predicted molar refractivity (Wildman–Crippen MR) is 40.1 cm³/mol. The summed E-state index contributed by atoms with van der Waals surface area (Å²) in [6, 6.07) is 0. The summed E-state index contributed by atoms with van der Waals surface area (Å²) in [5.41, 5.74) is -0.607. The lowest BCUT2D eigenvalue weighted by molar-refractivity contribution is -0.133. The molecule has 0 saturated heterocycles. The summed E-state index contributed by atoms with van der Waals surface area (Å²) >= 11 is 0. The van der Waals surface area contributed by atoms with E-state index < -0.39 is 17.9 Å². The van der Waals surface area contributed by atoms with Gasteiger partial charge in [0.2, 0.25) is 0 Å². The second-order valence-electron chi connectivity index (χ2n) is 2.98. The minimum absolute atomic E-state index is 0.0761. The largest absolute Gasteiger partial charge is 0.377 e. The van der Waals surface area contributed by atoms with Gasteiger partial charge in [0.15, 0.2) is 0 Å². The van der Waals surface area contributed by atoms with Gasteiger partial charge in [-0.05, 0) is 13.8 Å². The molecule has 0 heterocycles. The molecule has 0 aliphatic rings. The third kappa shape index (κ3) is 4.23. The highest BCUT2D eigenvalue weighted by Gasteiger charge is 2.20. The minimum Gasteiger partial charge on any atom is -0.377 e. The Kier molecular flexibility index (Phi) is 4.09. The average molecular weight is 181 g/mol. The van der Waals surface area contributed by atoms with Crippen LogP contribution in [0.25, 0.3) is 0 Å². The van der Waals surface area contributed by atoms with E-state index >= 15 is 0 Å². The Hall–Kier alpha value is -0.710. The van der Waals surface area contributed by atoms with Crippen LogP contribution >= 0.6 is 0 Å². The van der Waals surface area contributed by atoms with Gasteiger partial charge in [-0.25, -0.2) is 0 Å². The topological polar surface area (TPSA) is 38.3 Å². The van der Waals surface area contributed by atoms with E-state index in [9.17, 15) is 13.6 Å². The number of rotatable bonds is 4. The average Bonchev–Trinajstić information content (AvgIpc) is 2.00. The van der Waals surface area contributed by atoms with Gasteiger partial charge in [-0.2, -0.15) is 8.78 Å². The van der Waals surface area contributed by atoms with Gasteiger partial charge in [0.1, 0.15) is 0 Å². The monoisotopic (exact) mass is 181 g/mol. The summed E-state index contributed by atoms with van der Waals surface area (Å²) in [4.78, 5) is 10.4. The first-order valence-electron chi connectivity index (χ1n) is 3.50. The van der Waals surface area contributed by atoms with E-state index in [4.69, 9.17) is 4.74 Å². The van der Waals surface area contributed by atoms with Crippen LogP contribution in [-0.4, -0.2) is 31.6 Å². The molecule has 0 unspecified atom stereocenters. The molecule has 12 heavy (non-hydrogen) atoms. The maximum atomic E-state index is 11.7. The molecule has 0 bridgehead atoms. The summed E-state index contributed by atoms with van der Waals surface area (Å²) in [6.45, 7) is 3.46. The lowest BCUT2D eigenvalue weighted by Gasteiger charge is -2.22. The fraction of sp³-hybridized carbons (Fsp3) is 0.857. The molecule has 0 fully saturated rings. The van der Waals surface area contributed by atoms with Crippen LogP contribution in [0.1, 0.15) is 13.8 Å². The summed E-state index contributed by atoms with van der Waals surface area (Å²) in [5, 5.41) is 2.06. The summed E-state index contributed by atoms with van der Waals surface area (Å²) in [5.74, 6) is -1.26. The Labute approximate surface area is 70.1 Å². The van der Waals surface area contributed by atoms with Gasteiger partial charge in [-0.1, -0.05) is 0 Å². The molecule has 0 aromatic carbocycles. The van der Waals surface area contributed by atoms with Gasteiger partial charge in [0, 0.05) is 13.7 Å². The summed E-state index contributed by atoms with van der Waals surface area (Å²) < 4.78 is 28.2. The highest BCUT2D eigenvalue weighted by molar-refractivity contribution is 5.79. The van der Waals surface area contributed by atoms with E-state index in [1.165, 1.54) is 7.11 Å². The van der Waals surface area contributed by atoms with Crippen LogP contribution in [0.3, 0.4) is 0 Å². The quantitative estimate of drug-likeness (QED) is 0.696. The first-order chi connectivity index (χ1) is 5.39. The van der Waals surface area contributed by atoms with Crippen molar-refractivity contribution in [1.82, 2.24) is 5.32 Å². The highest BCUT2D eigenvalue weighted by Crippen LogP contribution is 2.05. The van der Waals surface area contributed by atoms with Crippen LogP contribution in [0.2, 0.25) is 0 Å². The molecular formula is C7H13F2NO2. The standard InChI is InChI=1S/C7H13F2NO2/c1-7(2,12-3)4-10-6(11)5(8)9/h5H,4H2,1-3H3,(H,10,11). The predicted octanol–water partition coefficient (Wildman–Crippen LogP) is 0.793. The number of hydrogen-bond donors (Lipinski definition) is 1. The Morgan fingerprint density at radius 3 is 2.42 bits per heavy atom. The molecule has 0 spiro atoms. The van der Waals surface area contributed by atoms with Crippen molar-refractivity contribution < 1.29 is 18.3 Å². The van der Waals surface area contributed by atoms with Crippen molar-refractivity contribution in [2.45, 2.75) is 25.9 Å². The third-order valence-electron chi connectivity index (χ3n) is 1.44. The van der Waals surface area contributed by atoms with Crippen molar-refractivity contribution >= 4 is 5.91 Å². The second kappa shape index (κ2) is 4.35. The van der Waals surface area contributed by atoms with Crippen molar-refractivity contribution in [1.29, 1.82) is 0 Å². The Bertz CT molecular complexity index is 159. The number of hydrogen-bond acceptors (Lipinski definition) is 2. The molecule has 5 heteroatoms. The van der Waals surface area contributed by atoms with Gasteiger partial charge >= 0.3 is 6.43 Å². The van der Waals surface area contributed by atoms with Gasteiger partial charge < -0.3 is 10.1 Å². The molecule has 0 atom stereocenters. The Morgan fingerprint density at radius 2 is 2.08 bits per heavy atom. The van der Waals surface area contributed by atoms with E-state index in [2.05, 4.69) is 5.32 Å². The Balaban J connectivity index is 3.76. The van der Waals surface area contributed by atoms with Crippen LogP contribution in [0.4, 0.5) is 8.78 Å². The molecule has 0 aliphatic heterocycles. The SMILES string of the molecule is COC(C)(C)CNC(=O)C(F)F. The van der Waals surface area contributed by atoms with Gasteiger partial charge in [0.05, 0.1) is 5.60 Å². The molecule has 0 aromatic rings. The first kappa shape index (κ1) is 11.3. The highest BCUT2D eigenvalue weighted by atomic mass is 19.3. The van der Waals surface area contributed by atoms with Crippen LogP contribution in [-0.2, 0) is 9.53 Å². The number of nitrogens with one attached hydrogen (secondary N) is 1. The molecule has 0 aromatic heterocycles. The zero-order chi connectivity index (χ0) is 9.78. The lowest BCUT2D eigenvalue weighted by Crippen LogP contribution is -2.41. The molecule has 1 N–H and O–H groups in total. The molecule has 0 aliphatic carbocycles. The number of carbonyl (C=O) groups is 1. The van der Waals surface area contributed by atoms with Gasteiger partial charge in [-0.15, -0.1) is 0 Å². The number of amides is 1. The van der Waals surface area contributed by atoms with E-state index in [0.29, 0.717) is 0 Å². The van der Waals surface area contributed by atoms with Crippen molar-refractivity contribution in [2.75, 3.05) is 13.7 Å². The zero-order valence-electron chi connectivity index (χ0n) is 7.36. The number of carbonyl (C=O) groups excluding carboxylic acids is 1. The van der Waals surface area contributed by atoms with Crippen LogP contribution in [0.5, 0.6) is 0 Å². The number of ether oxygens (including phenoxy) is 1.